The Balaban J connectivity index is 1.21. The van der Waals surface area contributed by atoms with Gasteiger partial charge in [-0.05, 0) is 42.2 Å². The van der Waals surface area contributed by atoms with E-state index in [0.717, 1.165) is 55.4 Å². The van der Waals surface area contributed by atoms with Gasteiger partial charge in [-0.15, -0.1) is 0 Å². The summed E-state index contributed by atoms with van der Waals surface area (Å²) in [5.74, 6) is 0.227. The number of hydrogen-bond acceptors (Lipinski definition) is 10. The molecular weight excluding hydrogens is 576 g/mol. The molecular formula is C33H42N6O6. The van der Waals surface area contributed by atoms with Gasteiger partial charge in [-0.3, -0.25) is 19.7 Å². The third-order valence-electron chi connectivity index (χ3n) is 8.16. The van der Waals surface area contributed by atoms with Crippen LogP contribution in [-0.2, 0) is 25.7 Å². The van der Waals surface area contributed by atoms with Crippen molar-refractivity contribution in [1.29, 1.82) is 0 Å². The van der Waals surface area contributed by atoms with Crippen molar-refractivity contribution in [3.8, 4) is 0 Å². The maximum atomic E-state index is 12.6. The monoisotopic (exact) mass is 618 g/mol. The second-order valence-electron chi connectivity index (χ2n) is 11.5. The first-order valence-electron chi connectivity index (χ1n) is 15.6. The predicted molar refractivity (Wildman–Crippen MR) is 167 cm³/mol. The summed E-state index contributed by atoms with van der Waals surface area (Å²) in [5, 5.41) is 21.1. The van der Waals surface area contributed by atoms with Crippen LogP contribution in [0.15, 0.2) is 67.0 Å². The van der Waals surface area contributed by atoms with Crippen LogP contribution in [0.25, 0.3) is 0 Å². The van der Waals surface area contributed by atoms with Crippen molar-refractivity contribution >= 4 is 23.5 Å². The lowest BCUT2D eigenvalue weighted by molar-refractivity contribution is -0.253. The van der Waals surface area contributed by atoms with Gasteiger partial charge in [-0.25, -0.2) is 15.4 Å². The van der Waals surface area contributed by atoms with Crippen LogP contribution < -0.4 is 15.7 Å². The number of aromatic nitrogens is 2. The zero-order valence-electron chi connectivity index (χ0n) is 25.4. The van der Waals surface area contributed by atoms with Crippen molar-refractivity contribution in [3.05, 3.63) is 83.7 Å². The minimum atomic E-state index is -0.625. The van der Waals surface area contributed by atoms with Crippen molar-refractivity contribution in [2.45, 2.75) is 63.6 Å². The number of carbonyl (C=O) groups is 2. The number of hydroxylamine groups is 1. The fraction of sp³-hybridized carbons (Fsp3) is 0.455. The third kappa shape index (κ3) is 9.52. The fourth-order valence-electron chi connectivity index (χ4n) is 5.70. The largest absolute Gasteiger partial charge is 0.392 e. The van der Waals surface area contributed by atoms with E-state index in [9.17, 15) is 14.7 Å². The Morgan fingerprint density at radius 1 is 0.867 bits per heavy atom. The van der Waals surface area contributed by atoms with Crippen LogP contribution in [0.2, 0.25) is 0 Å². The predicted octanol–water partition coefficient (Wildman–Crippen LogP) is 3.73. The summed E-state index contributed by atoms with van der Waals surface area (Å²) < 4.78 is 13.1. The van der Waals surface area contributed by atoms with Crippen LogP contribution in [0.4, 0.5) is 11.6 Å². The summed E-state index contributed by atoms with van der Waals surface area (Å²) >= 11 is 0. The number of piperazine rings is 1. The zero-order valence-corrected chi connectivity index (χ0v) is 25.4. The Morgan fingerprint density at radius 2 is 1.60 bits per heavy atom. The number of aliphatic hydroxyl groups excluding tert-OH is 1. The van der Waals surface area contributed by atoms with Crippen molar-refractivity contribution < 1.29 is 29.4 Å². The van der Waals surface area contributed by atoms with Crippen LogP contribution in [0, 0.1) is 0 Å². The Kier molecular flexibility index (Phi) is 11.8. The average Bonchev–Trinajstić information content (AvgIpc) is 3.08. The van der Waals surface area contributed by atoms with Gasteiger partial charge >= 0.3 is 0 Å². The number of carbonyl (C=O) groups excluding carboxylic acids is 2. The van der Waals surface area contributed by atoms with Crippen molar-refractivity contribution in [2.24, 2.45) is 0 Å². The zero-order chi connectivity index (χ0) is 31.4. The van der Waals surface area contributed by atoms with Gasteiger partial charge in [0.05, 0.1) is 18.8 Å². The number of unbranched alkanes of at least 4 members (excludes halogenated alkanes) is 2. The van der Waals surface area contributed by atoms with Gasteiger partial charge in [0.25, 0.3) is 0 Å². The van der Waals surface area contributed by atoms with Crippen LogP contribution in [0.5, 0.6) is 0 Å². The average molecular weight is 619 g/mol. The Morgan fingerprint density at radius 3 is 2.31 bits per heavy atom. The molecule has 0 saturated carbocycles. The fourth-order valence-corrected chi connectivity index (χ4v) is 5.70. The highest BCUT2D eigenvalue weighted by Gasteiger charge is 2.34. The number of amides is 2. The normalized spacial score (nSPS) is 20.5. The molecule has 0 radical (unpaired) electrons. The first-order valence-corrected chi connectivity index (χ1v) is 15.6. The number of anilines is 2. The first-order chi connectivity index (χ1) is 22.0. The Labute approximate surface area is 263 Å². The number of benzene rings is 2. The van der Waals surface area contributed by atoms with Crippen molar-refractivity contribution in [1.82, 2.24) is 20.3 Å². The number of ether oxygens (including phenoxy) is 2. The summed E-state index contributed by atoms with van der Waals surface area (Å²) in [6.45, 7) is 4.15. The molecule has 2 amide bonds. The standard InChI is InChI=1S/C33H42N6O6/c40-23-24-10-12-25(13-11-24)29-21-28(22-38-16-18-39(19-17-38)33-34-14-5-15-35-33)44-32(45-29)26-6-4-7-27(20-26)36-30(41)8-2-1-3-9-31(42)37-43/h4-7,10-15,20,28-29,32,40,43H,1-3,8-9,16-19,21-23H2,(H,36,41)(H,37,42). The minimum absolute atomic E-state index is 0.0143. The molecule has 2 aromatic carbocycles. The molecule has 0 aliphatic carbocycles. The quantitative estimate of drug-likeness (QED) is 0.127. The van der Waals surface area contributed by atoms with Gasteiger partial charge in [0, 0.05) is 75.6 Å². The lowest BCUT2D eigenvalue weighted by atomic mass is 9.99. The molecule has 2 aliphatic rings. The summed E-state index contributed by atoms with van der Waals surface area (Å²) in [5.41, 5.74) is 4.97. The summed E-state index contributed by atoms with van der Waals surface area (Å²) in [6.07, 6.45) is 5.83. The lowest BCUT2D eigenvalue weighted by Gasteiger charge is -2.40. The van der Waals surface area contributed by atoms with Crippen LogP contribution >= 0.6 is 0 Å². The van der Waals surface area contributed by atoms with Gasteiger partial charge in [0.1, 0.15) is 0 Å². The van der Waals surface area contributed by atoms with E-state index in [4.69, 9.17) is 14.7 Å². The Hall–Kier alpha value is -3.94. The first kappa shape index (κ1) is 32.5. The van der Waals surface area contributed by atoms with E-state index in [2.05, 4.69) is 25.1 Å². The smallest absolute Gasteiger partial charge is 0.243 e. The number of aliphatic hydroxyl groups is 1. The van der Waals surface area contributed by atoms with E-state index in [0.29, 0.717) is 37.8 Å². The molecule has 12 heteroatoms. The van der Waals surface area contributed by atoms with E-state index in [1.54, 1.807) is 17.9 Å². The van der Waals surface area contributed by atoms with Crippen molar-refractivity contribution in [2.75, 3.05) is 42.9 Å². The molecule has 240 valence electrons. The van der Waals surface area contributed by atoms with E-state index < -0.39 is 12.2 Å². The second kappa shape index (κ2) is 16.4. The molecule has 2 aliphatic heterocycles. The molecule has 3 unspecified atom stereocenters. The molecule has 0 spiro atoms. The molecule has 2 saturated heterocycles. The molecule has 2 fully saturated rings. The molecule has 3 atom stereocenters. The number of nitrogens with one attached hydrogen (secondary N) is 2. The van der Waals surface area contributed by atoms with Gasteiger partial charge in [0.15, 0.2) is 6.29 Å². The molecule has 1 aromatic heterocycles. The van der Waals surface area contributed by atoms with E-state index in [1.165, 1.54) is 0 Å². The molecule has 3 heterocycles. The summed E-state index contributed by atoms with van der Waals surface area (Å²) in [4.78, 5) is 37.1. The third-order valence-corrected chi connectivity index (χ3v) is 8.16. The van der Waals surface area contributed by atoms with Gasteiger partial charge < -0.3 is 24.8 Å². The molecule has 12 nitrogen and oxygen atoms in total. The molecule has 45 heavy (non-hydrogen) atoms. The molecule has 0 bridgehead atoms. The molecule has 5 rings (SSSR count). The number of nitrogens with zero attached hydrogens (tertiary/aromatic N) is 4. The molecule has 4 N–H and O–H groups in total. The van der Waals surface area contributed by atoms with Crippen LogP contribution in [0.3, 0.4) is 0 Å². The SMILES string of the molecule is O=C(CCCCCC(=O)Nc1cccc(C2OC(CN3CCN(c4ncccn4)CC3)CC(c3ccc(CO)cc3)O2)c1)NO. The minimum Gasteiger partial charge on any atom is -0.392 e. The van der Waals surface area contributed by atoms with Gasteiger partial charge in [0.2, 0.25) is 17.8 Å². The van der Waals surface area contributed by atoms with Gasteiger partial charge in [-0.1, -0.05) is 42.8 Å². The summed E-state index contributed by atoms with van der Waals surface area (Å²) in [7, 11) is 0. The second-order valence-corrected chi connectivity index (χ2v) is 11.5. The number of hydrogen-bond donors (Lipinski definition) is 4. The summed E-state index contributed by atoms with van der Waals surface area (Å²) in [6, 6.07) is 17.2. The lowest BCUT2D eigenvalue weighted by Crippen LogP contribution is -2.50. The van der Waals surface area contributed by atoms with Crippen LogP contribution in [-0.4, -0.2) is 75.8 Å². The maximum Gasteiger partial charge on any atom is 0.243 e. The van der Waals surface area contributed by atoms with E-state index >= 15 is 0 Å². The maximum absolute atomic E-state index is 12.6. The highest BCUT2D eigenvalue weighted by atomic mass is 16.7. The highest BCUT2D eigenvalue weighted by molar-refractivity contribution is 5.90. The Bertz CT molecular complexity index is 1370. The topological polar surface area (TPSA) is 149 Å². The van der Waals surface area contributed by atoms with Gasteiger partial charge in [-0.2, -0.15) is 0 Å². The van der Waals surface area contributed by atoms with E-state index in [-0.39, 0.29) is 31.1 Å². The van der Waals surface area contributed by atoms with E-state index in [1.807, 2.05) is 54.6 Å². The highest BCUT2D eigenvalue weighted by Crippen LogP contribution is 2.38. The van der Waals surface area contributed by atoms with Crippen molar-refractivity contribution in [3.63, 3.8) is 0 Å². The van der Waals surface area contributed by atoms with Crippen LogP contribution in [0.1, 0.15) is 67.6 Å². The molecule has 3 aromatic rings. The number of rotatable bonds is 13.